The third kappa shape index (κ3) is 3.80. The van der Waals surface area contributed by atoms with Gasteiger partial charge in [0.15, 0.2) is 0 Å². The van der Waals surface area contributed by atoms with Crippen LogP contribution in [0, 0.1) is 0 Å². The Morgan fingerprint density at radius 1 is 0.964 bits per heavy atom. The monoisotopic (exact) mass is 430 g/mol. The van der Waals surface area contributed by atoms with Crippen molar-refractivity contribution in [1.82, 2.24) is 25.2 Å². The molecule has 4 rings (SSSR count). The van der Waals surface area contributed by atoms with Crippen LogP contribution in [0.2, 0.25) is 15.1 Å². The maximum atomic E-state index is 6.30. The Bertz CT molecular complexity index is 1130. The van der Waals surface area contributed by atoms with Crippen LogP contribution in [0.5, 0.6) is 0 Å². The summed E-state index contributed by atoms with van der Waals surface area (Å²) >= 11 is 18.5. The zero-order valence-corrected chi connectivity index (χ0v) is 16.6. The summed E-state index contributed by atoms with van der Waals surface area (Å²) < 4.78 is 1.50. The van der Waals surface area contributed by atoms with Crippen molar-refractivity contribution in [3.05, 3.63) is 81.4 Å². The van der Waals surface area contributed by atoms with E-state index in [0.29, 0.717) is 33.2 Å². The molecule has 9 heteroatoms. The van der Waals surface area contributed by atoms with Gasteiger partial charge in [0.1, 0.15) is 0 Å². The van der Waals surface area contributed by atoms with E-state index >= 15 is 0 Å². The summed E-state index contributed by atoms with van der Waals surface area (Å²) in [6, 6.07) is 16.7. The predicted octanol–water partition coefficient (Wildman–Crippen LogP) is 5.30. The Morgan fingerprint density at radius 3 is 2.68 bits per heavy atom. The van der Waals surface area contributed by atoms with Gasteiger partial charge in [0, 0.05) is 23.3 Å². The van der Waals surface area contributed by atoms with Crippen LogP contribution in [0.1, 0.15) is 5.56 Å². The van der Waals surface area contributed by atoms with Crippen LogP contribution in [-0.4, -0.2) is 25.2 Å². The van der Waals surface area contributed by atoms with E-state index in [-0.39, 0.29) is 0 Å². The lowest BCUT2D eigenvalue weighted by Crippen LogP contribution is -2.09. The van der Waals surface area contributed by atoms with Crippen LogP contribution in [0.25, 0.3) is 16.9 Å². The molecule has 0 unspecified atom stereocenters. The van der Waals surface area contributed by atoms with Gasteiger partial charge in [-0.05, 0) is 46.3 Å². The highest BCUT2D eigenvalue weighted by Crippen LogP contribution is 2.29. The van der Waals surface area contributed by atoms with E-state index in [1.807, 2.05) is 36.4 Å². The molecule has 4 aromatic rings. The fourth-order valence-corrected chi connectivity index (χ4v) is 3.33. The lowest BCUT2D eigenvalue weighted by atomic mass is 10.1. The lowest BCUT2D eigenvalue weighted by Gasteiger charge is -2.12. The average molecular weight is 432 g/mol. The van der Waals surface area contributed by atoms with Crippen molar-refractivity contribution in [3.63, 3.8) is 0 Å². The second-order valence-corrected chi connectivity index (χ2v) is 7.08. The number of pyridine rings is 1. The normalized spacial score (nSPS) is 10.8. The van der Waals surface area contributed by atoms with Crippen LogP contribution in [0.15, 0.2) is 60.8 Å². The molecule has 2 aromatic carbocycles. The topological polar surface area (TPSA) is 68.5 Å². The van der Waals surface area contributed by atoms with Gasteiger partial charge in [0.2, 0.25) is 5.95 Å². The summed E-state index contributed by atoms with van der Waals surface area (Å²) in [5, 5.41) is 16.5. The third-order valence-electron chi connectivity index (χ3n) is 4.06. The van der Waals surface area contributed by atoms with E-state index in [1.54, 1.807) is 24.4 Å². The summed E-state index contributed by atoms with van der Waals surface area (Å²) in [7, 11) is 0. The highest BCUT2D eigenvalue weighted by molar-refractivity contribution is 6.43. The smallest absolute Gasteiger partial charge is 0.248 e. The average Bonchev–Trinajstić information content (AvgIpc) is 3.17. The highest BCUT2D eigenvalue weighted by Gasteiger charge is 2.14. The van der Waals surface area contributed by atoms with Gasteiger partial charge in [-0.15, -0.1) is 0 Å². The Balaban J connectivity index is 1.62. The molecule has 2 heterocycles. The van der Waals surface area contributed by atoms with Crippen LogP contribution in [0.4, 0.5) is 5.95 Å². The summed E-state index contributed by atoms with van der Waals surface area (Å²) in [5.41, 5.74) is 3.32. The molecule has 0 spiro atoms. The van der Waals surface area contributed by atoms with Gasteiger partial charge in [-0.25, -0.2) is 0 Å². The van der Waals surface area contributed by atoms with Crippen molar-refractivity contribution >= 4 is 40.8 Å². The second kappa shape index (κ2) is 8.14. The lowest BCUT2D eigenvalue weighted by molar-refractivity contribution is 0.789. The van der Waals surface area contributed by atoms with Crippen molar-refractivity contribution in [3.8, 4) is 16.9 Å². The molecule has 0 saturated carbocycles. The first-order chi connectivity index (χ1) is 13.6. The molecule has 0 atom stereocenters. The first-order valence-electron chi connectivity index (χ1n) is 8.30. The molecule has 0 aliphatic carbocycles. The van der Waals surface area contributed by atoms with Crippen molar-refractivity contribution in [2.75, 3.05) is 5.32 Å². The van der Waals surface area contributed by atoms with Gasteiger partial charge >= 0.3 is 0 Å². The number of hydrogen-bond donors (Lipinski definition) is 1. The molecule has 0 aliphatic rings. The molecule has 28 heavy (non-hydrogen) atoms. The predicted molar refractivity (Wildman–Crippen MR) is 111 cm³/mol. The van der Waals surface area contributed by atoms with Crippen LogP contribution in [-0.2, 0) is 6.54 Å². The molecule has 6 nitrogen and oxygen atoms in total. The van der Waals surface area contributed by atoms with E-state index in [9.17, 15) is 0 Å². The number of tetrazole rings is 1. The van der Waals surface area contributed by atoms with Gasteiger partial charge in [-0.2, -0.15) is 4.68 Å². The number of nitrogens with zero attached hydrogens (tertiary/aromatic N) is 5. The summed E-state index contributed by atoms with van der Waals surface area (Å²) in [6.07, 6.45) is 1.75. The molecule has 1 N–H and O–H groups in total. The standard InChI is InChI=1S/C19H13Cl3N6/c20-14-6-1-4-12(10-14)18-13(5-3-9-23-18)11-24-19-25-26-27-28(19)16-8-2-7-15(21)17(16)22/h1-10H,11H2,(H,24,25,27). The largest absolute Gasteiger partial charge is 0.349 e. The number of hydrogen-bond acceptors (Lipinski definition) is 5. The van der Waals surface area contributed by atoms with Gasteiger partial charge < -0.3 is 5.32 Å². The second-order valence-electron chi connectivity index (χ2n) is 5.86. The quantitative estimate of drug-likeness (QED) is 0.464. The minimum Gasteiger partial charge on any atom is -0.349 e. The molecule has 2 aromatic heterocycles. The van der Waals surface area contributed by atoms with Gasteiger partial charge in [-0.3, -0.25) is 4.98 Å². The van der Waals surface area contributed by atoms with Gasteiger partial charge in [-0.1, -0.05) is 64.2 Å². The number of anilines is 1. The minimum atomic E-state index is 0.375. The van der Waals surface area contributed by atoms with Crippen molar-refractivity contribution in [1.29, 1.82) is 0 Å². The highest BCUT2D eigenvalue weighted by atomic mass is 35.5. The minimum absolute atomic E-state index is 0.375. The van der Waals surface area contributed by atoms with E-state index in [1.165, 1.54) is 4.68 Å². The van der Waals surface area contributed by atoms with E-state index in [2.05, 4.69) is 25.8 Å². The molecule has 140 valence electrons. The summed E-state index contributed by atoms with van der Waals surface area (Å²) in [5.74, 6) is 0.435. The van der Waals surface area contributed by atoms with E-state index < -0.39 is 0 Å². The molecular weight excluding hydrogens is 419 g/mol. The van der Waals surface area contributed by atoms with Crippen molar-refractivity contribution in [2.45, 2.75) is 6.54 Å². The maximum absolute atomic E-state index is 6.30. The van der Waals surface area contributed by atoms with Gasteiger partial charge in [0.25, 0.3) is 0 Å². The zero-order chi connectivity index (χ0) is 19.5. The Kier molecular flexibility index (Phi) is 5.43. The fourth-order valence-electron chi connectivity index (χ4n) is 2.77. The third-order valence-corrected chi connectivity index (χ3v) is 5.10. The number of nitrogens with one attached hydrogen (secondary N) is 1. The summed E-state index contributed by atoms with van der Waals surface area (Å²) in [6.45, 7) is 0.453. The van der Waals surface area contributed by atoms with Crippen LogP contribution in [0.3, 0.4) is 0 Å². The Morgan fingerprint density at radius 2 is 1.82 bits per heavy atom. The molecule has 0 bridgehead atoms. The van der Waals surface area contributed by atoms with Crippen molar-refractivity contribution in [2.24, 2.45) is 0 Å². The maximum Gasteiger partial charge on any atom is 0.248 e. The molecule has 0 amide bonds. The Hall–Kier alpha value is -2.67. The molecular formula is C19H13Cl3N6. The number of halogens is 3. The van der Waals surface area contributed by atoms with E-state index in [0.717, 1.165) is 16.8 Å². The molecule has 0 fully saturated rings. The zero-order valence-electron chi connectivity index (χ0n) is 14.4. The van der Waals surface area contributed by atoms with Crippen LogP contribution >= 0.6 is 34.8 Å². The summed E-state index contributed by atoms with van der Waals surface area (Å²) in [4.78, 5) is 4.50. The number of aromatic nitrogens is 5. The molecule has 0 aliphatic heterocycles. The fraction of sp³-hybridized carbons (Fsp3) is 0.0526. The van der Waals surface area contributed by atoms with E-state index in [4.69, 9.17) is 34.8 Å². The first-order valence-corrected chi connectivity index (χ1v) is 9.43. The number of benzene rings is 2. The Labute approximate surface area is 176 Å². The van der Waals surface area contributed by atoms with Crippen molar-refractivity contribution < 1.29 is 0 Å². The molecule has 0 saturated heterocycles. The molecule has 0 radical (unpaired) electrons. The van der Waals surface area contributed by atoms with Gasteiger partial charge in [0.05, 0.1) is 21.4 Å². The first kappa shape index (κ1) is 18.7. The SMILES string of the molecule is Clc1cccc(-c2ncccc2CNc2nnnn2-c2cccc(Cl)c2Cl)c1. The number of rotatable bonds is 5. The van der Waals surface area contributed by atoms with Crippen LogP contribution < -0.4 is 5.32 Å².